The highest BCUT2D eigenvalue weighted by Gasteiger charge is 2.26. The van der Waals surface area contributed by atoms with Gasteiger partial charge in [-0.2, -0.15) is 0 Å². The van der Waals surface area contributed by atoms with Crippen LogP contribution in [0.1, 0.15) is 0 Å². The Balaban J connectivity index is 1.27. The molecule has 0 aliphatic carbocycles. The van der Waals surface area contributed by atoms with E-state index in [2.05, 4.69) is 167 Å². The number of hydrogen-bond donors (Lipinski definition) is 0. The zero-order valence-electron chi connectivity index (χ0n) is 27.2. The van der Waals surface area contributed by atoms with Gasteiger partial charge in [0.1, 0.15) is 0 Å². The molecule has 0 aliphatic heterocycles. The summed E-state index contributed by atoms with van der Waals surface area (Å²) in [6, 6.07) is 56.7. The normalized spacial score (nSPS) is 12.3. The van der Waals surface area contributed by atoms with E-state index in [0.29, 0.717) is 5.95 Å². The number of aromatic nitrogens is 4. The van der Waals surface area contributed by atoms with Gasteiger partial charge in [-0.25, -0.2) is 9.97 Å². The maximum absolute atomic E-state index is 5.45. The van der Waals surface area contributed by atoms with E-state index in [-0.39, 0.29) is 0 Å². The maximum Gasteiger partial charge on any atom is 0.235 e. The van der Waals surface area contributed by atoms with Gasteiger partial charge >= 0.3 is 0 Å². The Bertz CT molecular complexity index is 3350. The third-order valence-electron chi connectivity index (χ3n) is 10.7. The SMILES string of the molecule is c1ccc(-c2ccc3c4cc5c(c6ccccc6n5-c5nc(-c6ccccc6)c6sc7ccccc7c6n5)c5c6ccccc6n(c3c2)c45)cc1. The molecule has 0 saturated heterocycles. The first-order chi connectivity index (χ1) is 25.3. The summed E-state index contributed by atoms with van der Waals surface area (Å²) in [6.07, 6.45) is 0. The molecule has 51 heavy (non-hydrogen) atoms. The second kappa shape index (κ2) is 10.0. The Hall–Kier alpha value is -6.56. The van der Waals surface area contributed by atoms with Crippen molar-refractivity contribution in [3.8, 4) is 28.3 Å². The number of fused-ring (bicyclic) bond motifs is 13. The quantitative estimate of drug-likeness (QED) is 0.188. The number of para-hydroxylation sites is 2. The van der Waals surface area contributed by atoms with Gasteiger partial charge in [-0.05, 0) is 41.5 Å². The fourth-order valence-electron chi connectivity index (χ4n) is 8.51. The van der Waals surface area contributed by atoms with Crippen LogP contribution < -0.4 is 0 Å². The molecule has 0 unspecified atom stereocenters. The Labute approximate surface area is 295 Å². The number of rotatable bonds is 3. The minimum absolute atomic E-state index is 0.684. The molecule has 0 spiro atoms. The van der Waals surface area contributed by atoms with Crippen LogP contribution in [0, 0.1) is 0 Å². The molecule has 0 N–H and O–H groups in total. The van der Waals surface area contributed by atoms with Gasteiger partial charge in [-0.15, -0.1) is 11.3 Å². The number of hydrogen-bond acceptors (Lipinski definition) is 3. The fourth-order valence-corrected chi connectivity index (χ4v) is 9.66. The van der Waals surface area contributed by atoms with E-state index in [0.717, 1.165) is 37.9 Å². The molecule has 12 rings (SSSR count). The number of nitrogens with zero attached hydrogens (tertiary/aromatic N) is 4. The molecule has 236 valence electrons. The summed E-state index contributed by atoms with van der Waals surface area (Å²) in [7, 11) is 0. The molecule has 0 fully saturated rings. The van der Waals surface area contributed by atoms with Crippen molar-refractivity contribution in [2.75, 3.05) is 0 Å². The van der Waals surface area contributed by atoms with E-state index in [4.69, 9.17) is 9.97 Å². The molecule has 12 aromatic rings. The molecule has 5 heterocycles. The Morgan fingerprint density at radius 1 is 0.431 bits per heavy atom. The molecule has 0 radical (unpaired) electrons. The topological polar surface area (TPSA) is 35.1 Å². The van der Waals surface area contributed by atoms with E-state index in [1.54, 1.807) is 11.3 Å². The van der Waals surface area contributed by atoms with Gasteiger partial charge in [0, 0.05) is 48.0 Å². The second-order valence-electron chi connectivity index (χ2n) is 13.4. The van der Waals surface area contributed by atoms with Crippen LogP contribution in [-0.2, 0) is 0 Å². The van der Waals surface area contributed by atoms with Gasteiger partial charge in [-0.3, -0.25) is 4.57 Å². The molecular weight excluding hydrogens is 641 g/mol. The second-order valence-corrected chi connectivity index (χ2v) is 14.4. The van der Waals surface area contributed by atoms with Crippen LogP contribution in [0.4, 0.5) is 0 Å². The summed E-state index contributed by atoms with van der Waals surface area (Å²) in [4.78, 5) is 10.9. The van der Waals surface area contributed by atoms with Gasteiger partial charge in [0.25, 0.3) is 0 Å². The van der Waals surface area contributed by atoms with Crippen LogP contribution in [0.25, 0.3) is 109 Å². The fraction of sp³-hybridized carbons (Fsp3) is 0. The predicted octanol–water partition coefficient (Wildman–Crippen LogP) is 12.4. The minimum Gasteiger partial charge on any atom is -0.308 e. The molecule has 0 atom stereocenters. The van der Waals surface area contributed by atoms with Crippen LogP contribution in [0.2, 0.25) is 0 Å². The average molecular weight is 667 g/mol. The van der Waals surface area contributed by atoms with Crippen molar-refractivity contribution in [1.82, 2.24) is 18.9 Å². The summed E-state index contributed by atoms with van der Waals surface area (Å²) in [6.45, 7) is 0. The highest BCUT2D eigenvalue weighted by atomic mass is 32.1. The molecule has 0 amide bonds. The van der Waals surface area contributed by atoms with Crippen LogP contribution in [0.15, 0.2) is 158 Å². The molecule has 0 bridgehead atoms. The summed E-state index contributed by atoms with van der Waals surface area (Å²) in [5.74, 6) is 0.684. The van der Waals surface area contributed by atoms with Gasteiger partial charge in [-0.1, -0.05) is 127 Å². The van der Waals surface area contributed by atoms with E-state index in [1.165, 1.54) is 64.7 Å². The van der Waals surface area contributed by atoms with Crippen LogP contribution in [0.5, 0.6) is 0 Å². The van der Waals surface area contributed by atoms with Gasteiger partial charge in [0.15, 0.2) is 0 Å². The van der Waals surface area contributed by atoms with Crippen molar-refractivity contribution in [3.63, 3.8) is 0 Å². The van der Waals surface area contributed by atoms with Gasteiger partial charge in [0.2, 0.25) is 5.95 Å². The Kier molecular flexibility index (Phi) is 5.35. The smallest absolute Gasteiger partial charge is 0.235 e. The molecule has 5 heteroatoms. The monoisotopic (exact) mass is 666 g/mol. The van der Waals surface area contributed by atoms with Gasteiger partial charge < -0.3 is 4.40 Å². The zero-order chi connectivity index (χ0) is 33.2. The van der Waals surface area contributed by atoms with Crippen LogP contribution >= 0.6 is 11.3 Å². The Morgan fingerprint density at radius 3 is 1.90 bits per heavy atom. The molecular formula is C46H26N4S. The Morgan fingerprint density at radius 2 is 1.10 bits per heavy atom. The highest BCUT2D eigenvalue weighted by Crippen LogP contribution is 2.47. The van der Waals surface area contributed by atoms with Crippen molar-refractivity contribution in [2.45, 2.75) is 0 Å². The lowest BCUT2D eigenvalue weighted by atomic mass is 10.0. The molecule has 0 aliphatic rings. The molecule has 5 aromatic heterocycles. The highest BCUT2D eigenvalue weighted by molar-refractivity contribution is 7.26. The minimum atomic E-state index is 0.684. The van der Waals surface area contributed by atoms with Crippen molar-refractivity contribution < 1.29 is 0 Å². The van der Waals surface area contributed by atoms with E-state index < -0.39 is 0 Å². The molecule has 0 saturated carbocycles. The third kappa shape index (κ3) is 3.63. The standard InChI is InChI=1S/C46H26N4S/c1-3-13-27(14-4-1)29-23-24-30-34-26-38-40(41-32-18-8-10-20-35(32)49(44(34)41)37(30)25-29)31-17-7-11-21-36(31)50(38)46-47-42(28-15-5-2-6-16-28)45-43(48-46)33-19-9-12-22-39(33)51-45/h1-26H. The predicted molar refractivity (Wildman–Crippen MR) is 215 cm³/mol. The van der Waals surface area contributed by atoms with E-state index in [1.807, 2.05) is 0 Å². The van der Waals surface area contributed by atoms with Crippen LogP contribution in [0.3, 0.4) is 0 Å². The first-order valence-corrected chi connectivity index (χ1v) is 18.1. The van der Waals surface area contributed by atoms with Crippen molar-refractivity contribution in [3.05, 3.63) is 158 Å². The average Bonchev–Trinajstić information content (AvgIpc) is 3.93. The molecule has 4 nitrogen and oxygen atoms in total. The lowest BCUT2D eigenvalue weighted by Gasteiger charge is -2.10. The van der Waals surface area contributed by atoms with Crippen molar-refractivity contribution in [1.29, 1.82) is 0 Å². The number of thiophene rings is 1. The lowest BCUT2D eigenvalue weighted by molar-refractivity contribution is 1.02. The largest absolute Gasteiger partial charge is 0.308 e. The first-order valence-electron chi connectivity index (χ1n) is 17.3. The van der Waals surface area contributed by atoms with Crippen molar-refractivity contribution >= 4 is 91.5 Å². The van der Waals surface area contributed by atoms with E-state index >= 15 is 0 Å². The summed E-state index contributed by atoms with van der Waals surface area (Å²) >= 11 is 1.77. The van der Waals surface area contributed by atoms with Crippen LogP contribution in [-0.4, -0.2) is 18.9 Å². The van der Waals surface area contributed by atoms with Gasteiger partial charge in [0.05, 0.1) is 43.5 Å². The molecule has 7 aromatic carbocycles. The van der Waals surface area contributed by atoms with E-state index in [9.17, 15) is 0 Å². The first kappa shape index (κ1) is 27.3. The number of benzene rings is 7. The third-order valence-corrected chi connectivity index (χ3v) is 11.8. The van der Waals surface area contributed by atoms with Crippen molar-refractivity contribution in [2.24, 2.45) is 0 Å². The summed E-state index contributed by atoms with van der Waals surface area (Å²) < 4.78 is 7.12. The maximum atomic E-state index is 5.45. The summed E-state index contributed by atoms with van der Waals surface area (Å²) in [5.41, 5.74) is 11.4. The summed E-state index contributed by atoms with van der Waals surface area (Å²) in [5, 5.41) is 8.59. The lowest BCUT2D eigenvalue weighted by Crippen LogP contribution is -2.02. The zero-order valence-corrected chi connectivity index (χ0v) is 28.0.